The first-order chi connectivity index (χ1) is 11.4. The van der Waals surface area contributed by atoms with Crippen LogP contribution in [-0.4, -0.2) is 16.9 Å². The van der Waals surface area contributed by atoms with E-state index in [2.05, 4.69) is 9.84 Å². The Bertz CT molecular complexity index is 990. The molecule has 0 bridgehead atoms. The van der Waals surface area contributed by atoms with Crippen molar-refractivity contribution in [2.75, 3.05) is 7.11 Å². The number of aromatic nitrogens is 2. The van der Waals surface area contributed by atoms with Gasteiger partial charge in [0.2, 0.25) is 11.8 Å². The van der Waals surface area contributed by atoms with Crippen LogP contribution in [0, 0.1) is 5.95 Å². The molecular weight excluding hydrogens is 324 g/mol. The van der Waals surface area contributed by atoms with Gasteiger partial charge in [-0.3, -0.25) is 0 Å². The van der Waals surface area contributed by atoms with Gasteiger partial charge in [0.1, 0.15) is 0 Å². The fourth-order valence-corrected chi connectivity index (χ4v) is 3.01. The molecule has 0 radical (unpaired) electrons. The van der Waals surface area contributed by atoms with Gasteiger partial charge in [-0.1, -0.05) is 36.4 Å². The van der Waals surface area contributed by atoms with E-state index in [1.54, 1.807) is 24.3 Å². The summed E-state index contributed by atoms with van der Waals surface area (Å²) in [5.41, 5.74) is 0.580. The summed E-state index contributed by atoms with van der Waals surface area (Å²) in [5, 5.41) is 5.15. The number of hydrogen-bond acceptors (Lipinski definition) is 2. The van der Waals surface area contributed by atoms with Gasteiger partial charge >= 0.3 is 6.18 Å². The zero-order valence-corrected chi connectivity index (χ0v) is 12.4. The number of nitrogens with zero attached hydrogens (tertiary/aromatic N) is 2. The third kappa shape index (κ3) is 1.94. The molecule has 0 amide bonds. The van der Waals surface area contributed by atoms with E-state index in [9.17, 15) is 17.6 Å². The van der Waals surface area contributed by atoms with Crippen molar-refractivity contribution >= 4 is 22.9 Å². The molecule has 1 heterocycles. The van der Waals surface area contributed by atoms with Crippen LogP contribution in [0.2, 0.25) is 0 Å². The van der Waals surface area contributed by atoms with Crippen molar-refractivity contribution in [2.45, 2.75) is 6.18 Å². The molecule has 122 valence electrons. The lowest BCUT2D eigenvalue weighted by atomic mass is 10.0. The SMILES string of the molecule is COc1nn(-c2ccc3c4c(cccc24)C=C3)c(F)c1C(F)(F)F. The average molecular weight is 334 g/mol. The van der Waals surface area contributed by atoms with Crippen LogP contribution in [0.25, 0.3) is 28.6 Å². The lowest BCUT2D eigenvalue weighted by molar-refractivity contribution is -0.141. The van der Waals surface area contributed by atoms with Crippen molar-refractivity contribution < 1.29 is 22.3 Å². The Kier molecular flexibility index (Phi) is 2.97. The lowest BCUT2D eigenvalue weighted by Gasteiger charge is -2.09. The van der Waals surface area contributed by atoms with Crippen molar-refractivity contribution in [1.29, 1.82) is 0 Å². The molecule has 4 rings (SSSR count). The molecule has 1 aromatic heterocycles. The topological polar surface area (TPSA) is 27.1 Å². The molecule has 2 aromatic carbocycles. The average Bonchev–Trinajstić information content (AvgIpc) is 3.10. The summed E-state index contributed by atoms with van der Waals surface area (Å²) in [7, 11) is 1.03. The van der Waals surface area contributed by atoms with Gasteiger partial charge in [0.15, 0.2) is 5.56 Å². The van der Waals surface area contributed by atoms with Crippen molar-refractivity contribution in [3.8, 4) is 11.6 Å². The molecule has 0 spiro atoms. The zero-order valence-electron chi connectivity index (χ0n) is 12.4. The second-order valence-electron chi connectivity index (χ2n) is 5.36. The molecule has 0 aliphatic heterocycles. The summed E-state index contributed by atoms with van der Waals surface area (Å²) in [6.07, 6.45) is -1.09. The van der Waals surface area contributed by atoms with Gasteiger partial charge in [0.05, 0.1) is 12.8 Å². The summed E-state index contributed by atoms with van der Waals surface area (Å²) < 4.78 is 59.0. The van der Waals surface area contributed by atoms with E-state index in [4.69, 9.17) is 0 Å². The summed E-state index contributed by atoms with van der Waals surface area (Å²) in [6, 6.07) is 8.66. The molecule has 1 aliphatic carbocycles. The van der Waals surface area contributed by atoms with Gasteiger partial charge in [0.25, 0.3) is 0 Å². The fourth-order valence-electron chi connectivity index (χ4n) is 3.01. The van der Waals surface area contributed by atoms with E-state index < -0.39 is 23.6 Å². The Balaban J connectivity index is 2.03. The first kappa shape index (κ1) is 14.7. The van der Waals surface area contributed by atoms with E-state index in [1.165, 1.54) is 0 Å². The minimum absolute atomic E-state index is 0.227. The summed E-state index contributed by atoms with van der Waals surface area (Å²) in [4.78, 5) is 0. The van der Waals surface area contributed by atoms with Crippen LogP contribution in [0.1, 0.15) is 16.7 Å². The minimum Gasteiger partial charge on any atom is -0.479 e. The Morgan fingerprint density at radius 3 is 2.38 bits per heavy atom. The van der Waals surface area contributed by atoms with E-state index in [0.717, 1.165) is 23.6 Å². The third-order valence-corrected chi connectivity index (χ3v) is 4.03. The number of benzene rings is 2. The number of halogens is 4. The standard InChI is InChI=1S/C17H10F4N2O/c1-24-16-14(17(19,20)21)15(18)23(22-16)12-8-7-10-6-5-9-3-2-4-11(12)13(9)10/h2-8H,1H3. The largest absolute Gasteiger partial charge is 0.479 e. The van der Waals surface area contributed by atoms with Crippen molar-refractivity contribution in [3.05, 3.63) is 53.0 Å². The van der Waals surface area contributed by atoms with Crippen LogP contribution in [0.4, 0.5) is 17.6 Å². The molecule has 7 heteroatoms. The highest BCUT2D eigenvalue weighted by Gasteiger charge is 2.42. The van der Waals surface area contributed by atoms with Gasteiger partial charge < -0.3 is 4.74 Å². The molecule has 0 atom stereocenters. The number of rotatable bonds is 2. The Morgan fingerprint density at radius 2 is 1.75 bits per heavy atom. The van der Waals surface area contributed by atoms with Crippen LogP contribution >= 0.6 is 0 Å². The third-order valence-electron chi connectivity index (χ3n) is 4.03. The van der Waals surface area contributed by atoms with Crippen LogP contribution in [-0.2, 0) is 6.18 Å². The van der Waals surface area contributed by atoms with Gasteiger partial charge in [-0.25, -0.2) is 4.68 Å². The summed E-state index contributed by atoms with van der Waals surface area (Å²) >= 11 is 0. The van der Waals surface area contributed by atoms with E-state index in [1.807, 2.05) is 18.2 Å². The number of alkyl halides is 3. The first-order valence-corrected chi connectivity index (χ1v) is 7.05. The van der Waals surface area contributed by atoms with Crippen LogP contribution in [0.5, 0.6) is 5.88 Å². The van der Waals surface area contributed by atoms with Gasteiger partial charge in [-0.2, -0.15) is 17.6 Å². The Hall–Kier alpha value is -2.83. The molecule has 0 unspecified atom stereocenters. The molecule has 24 heavy (non-hydrogen) atoms. The number of ether oxygens (including phenoxy) is 1. The second-order valence-corrected chi connectivity index (χ2v) is 5.36. The molecule has 3 aromatic rings. The predicted molar refractivity (Wildman–Crippen MR) is 81.5 cm³/mol. The lowest BCUT2D eigenvalue weighted by Crippen LogP contribution is -2.09. The quantitative estimate of drug-likeness (QED) is 0.498. The van der Waals surface area contributed by atoms with Crippen molar-refractivity contribution in [2.24, 2.45) is 0 Å². The minimum atomic E-state index is -4.90. The maximum absolute atomic E-state index is 14.5. The summed E-state index contributed by atoms with van der Waals surface area (Å²) in [5.74, 6) is -2.28. The Morgan fingerprint density at radius 1 is 1.04 bits per heavy atom. The van der Waals surface area contributed by atoms with Crippen LogP contribution < -0.4 is 4.74 Å². The van der Waals surface area contributed by atoms with Crippen molar-refractivity contribution in [1.82, 2.24) is 9.78 Å². The first-order valence-electron chi connectivity index (χ1n) is 7.05. The summed E-state index contributed by atoms with van der Waals surface area (Å²) in [6.45, 7) is 0. The van der Waals surface area contributed by atoms with Gasteiger partial charge in [-0.15, -0.1) is 5.10 Å². The van der Waals surface area contributed by atoms with Crippen LogP contribution in [0.15, 0.2) is 30.3 Å². The second kappa shape index (κ2) is 4.83. The maximum Gasteiger partial charge on any atom is 0.426 e. The zero-order chi connectivity index (χ0) is 17.1. The Labute approximate surface area is 133 Å². The highest BCUT2D eigenvalue weighted by molar-refractivity contribution is 6.07. The molecular formula is C17H10F4N2O. The fraction of sp³-hybridized carbons (Fsp3) is 0.118. The van der Waals surface area contributed by atoms with E-state index in [0.29, 0.717) is 10.1 Å². The van der Waals surface area contributed by atoms with E-state index >= 15 is 0 Å². The number of methoxy groups -OCH3 is 1. The maximum atomic E-state index is 14.5. The highest BCUT2D eigenvalue weighted by atomic mass is 19.4. The molecule has 1 aliphatic rings. The monoisotopic (exact) mass is 334 g/mol. The van der Waals surface area contributed by atoms with Gasteiger partial charge in [-0.05, 0) is 22.6 Å². The molecule has 0 saturated carbocycles. The molecule has 0 N–H and O–H groups in total. The molecule has 3 nitrogen and oxygen atoms in total. The molecule has 0 saturated heterocycles. The normalized spacial score (nSPS) is 13.0. The van der Waals surface area contributed by atoms with Gasteiger partial charge in [0, 0.05) is 5.39 Å². The van der Waals surface area contributed by atoms with Crippen LogP contribution in [0.3, 0.4) is 0 Å². The number of hydrogen-bond donors (Lipinski definition) is 0. The van der Waals surface area contributed by atoms with Crippen molar-refractivity contribution in [3.63, 3.8) is 0 Å². The molecule has 0 fully saturated rings. The highest BCUT2D eigenvalue weighted by Crippen LogP contribution is 2.40. The predicted octanol–water partition coefficient (Wildman–Crippen LogP) is 4.68. The smallest absolute Gasteiger partial charge is 0.426 e. The van der Waals surface area contributed by atoms with E-state index in [-0.39, 0.29) is 5.69 Å².